The minimum Gasteiger partial charge on any atom is -0.370 e. The Morgan fingerprint density at radius 3 is 3.15 bits per heavy atom. The molecule has 3 rings (SSSR count). The van der Waals surface area contributed by atoms with Gasteiger partial charge in [-0.2, -0.15) is 0 Å². The van der Waals surface area contributed by atoms with Crippen molar-refractivity contribution in [1.29, 1.82) is 0 Å². The van der Waals surface area contributed by atoms with Gasteiger partial charge in [-0.15, -0.1) is 11.3 Å². The molecule has 2 N–H and O–H groups in total. The van der Waals surface area contributed by atoms with Crippen LogP contribution < -0.4 is 11.3 Å². The van der Waals surface area contributed by atoms with Crippen molar-refractivity contribution < 1.29 is 4.79 Å². The number of nitrogens with zero attached hydrogens (tertiary/aromatic N) is 2. The van der Waals surface area contributed by atoms with Gasteiger partial charge < -0.3 is 5.73 Å². The van der Waals surface area contributed by atoms with Crippen LogP contribution in [0.2, 0.25) is 0 Å². The Morgan fingerprint density at radius 1 is 1.60 bits per heavy atom. The molecule has 2 aromatic heterocycles. The third-order valence-corrected chi connectivity index (χ3v) is 5.04. The zero-order chi connectivity index (χ0) is 14.3. The largest absolute Gasteiger partial charge is 0.370 e. The molecule has 0 aliphatic heterocycles. The fraction of sp³-hybridized carbons (Fsp3) is 0.500. The first-order chi connectivity index (χ1) is 9.56. The van der Waals surface area contributed by atoms with Gasteiger partial charge in [0.25, 0.3) is 5.56 Å². The molecule has 6 heteroatoms. The molecular formula is C14H17N3O2S. The van der Waals surface area contributed by atoms with Crippen molar-refractivity contribution in [3.63, 3.8) is 0 Å². The van der Waals surface area contributed by atoms with E-state index in [0.717, 1.165) is 29.5 Å². The molecule has 0 saturated carbocycles. The Labute approximate surface area is 120 Å². The molecule has 1 atom stereocenters. The number of amides is 1. The molecule has 20 heavy (non-hydrogen) atoms. The van der Waals surface area contributed by atoms with E-state index < -0.39 is 5.91 Å². The summed E-state index contributed by atoms with van der Waals surface area (Å²) < 4.78 is 1.50. The number of primary amides is 1. The summed E-state index contributed by atoms with van der Waals surface area (Å²) in [6, 6.07) is 0. The topological polar surface area (TPSA) is 78.0 Å². The molecular weight excluding hydrogens is 274 g/mol. The van der Waals surface area contributed by atoms with E-state index in [-0.39, 0.29) is 12.0 Å². The van der Waals surface area contributed by atoms with Gasteiger partial charge in [0.1, 0.15) is 4.83 Å². The van der Waals surface area contributed by atoms with Gasteiger partial charge in [0.05, 0.1) is 11.7 Å². The van der Waals surface area contributed by atoms with Crippen LogP contribution in [0.25, 0.3) is 10.2 Å². The number of thiophene rings is 1. The number of carbonyl (C=O) groups excluding carboxylic acids is 1. The molecule has 106 valence electrons. The summed E-state index contributed by atoms with van der Waals surface area (Å²) >= 11 is 1.63. The maximum absolute atomic E-state index is 12.5. The van der Waals surface area contributed by atoms with E-state index in [2.05, 4.69) is 11.9 Å². The molecule has 0 radical (unpaired) electrons. The summed E-state index contributed by atoms with van der Waals surface area (Å²) in [5, 5.41) is 0.754. The molecule has 5 nitrogen and oxygen atoms in total. The highest BCUT2D eigenvalue weighted by atomic mass is 32.1. The lowest BCUT2D eigenvalue weighted by molar-refractivity contribution is -0.118. The lowest BCUT2D eigenvalue weighted by atomic mass is 9.89. The number of carbonyl (C=O) groups is 1. The molecule has 0 saturated heterocycles. The normalized spacial score (nSPS) is 18.1. The van der Waals surface area contributed by atoms with Crippen molar-refractivity contribution in [2.75, 3.05) is 0 Å². The maximum Gasteiger partial charge on any atom is 0.262 e. The first-order valence-electron chi connectivity index (χ1n) is 6.84. The van der Waals surface area contributed by atoms with Crippen LogP contribution in [0.3, 0.4) is 0 Å². The zero-order valence-corrected chi connectivity index (χ0v) is 12.2. The van der Waals surface area contributed by atoms with E-state index in [1.807, 2.05) is 0 Å². The second kappa shape index (κ2) is 5.01. The molecule has 1 amide bonds. The van der Waals surface area contributed by atoms with Crippen LogP contribution in [-0.2, 0) is 24.2 Å². The fourth-order valence-electron chi connectivity index (χ4n) is 2.76. The molecule has 1 unspecified atom stereocenters. The van der Waals surface area contributed by atoms with Crippen LogP contribution in [0.4, 0.5) is 0 Å². The summed E-state index contributed by atoms with van der Waals surface area (Å²) in [6.07, 6.45) is 4.80. The second-order valence-corrected chi connectivity index (χ2v) is 6.57. The maximum atomic E-state index is 12.5. The minimum absolute atomic E-state index is 0.0386. The number of hydrogen-bond donors (Lipinski definition) is 1. The molecule has 2 aromatic rings. The van der Waals surface area contributed by atoms with Crippen LogP contribution in [0.15, 0.2) is 11.1 Å². The first kappa shape index (κ1) is 13.3. The van der Waals surface area contributed by atoms with Crippen LogP contribution in [-0.4, -0.2) is 15.5 Å². The first-order valence-corrected chi connectivity index (χ1v) is 7.66. The van der Waals surface area contributed by atoms with Crippen LogP contribution in [0, 0.1) is 5.92 Å². The van der Waals surface area contributed by atoms with Crippen molar-refractivity contribution in [3.8, 4) is 0 Å². The number of fused-ring (bicyclic) bond motifs is 3. The molecule has 0 aromatic carbocycles. The van der Waals surface area contributed by atoms with Crippen LogP contribution in [0.1, 0.15) is 30.2 Å². The highest BCUT2D eigenvalue weighted by Crippen LogP contribution is 2.35. The standard InChI is InChI=1S/C14H17N3O2S/c1-8-2-3-9-10(6-8)20-13-12(9)14(19)17(7-16-13)5-4-11(15)18/h7-8H,2-6H2,1H3,(H2,15,18). The van der Waals surface area contributed by atoms with Crippen molar-refractivity contribution in [2.45, 2.75) is 39.2 Å². The van der Waals surface area contributed by atoms with Gasteiger partial charge in [-0.05, 0) is 30.7 Å². The predicted molar refractivity (Wildman–Crippen MR) is 78.9 cm³/mol. The number of hydrogen-bond acceptors (Lipinski definition) is 4. The summed E-state index contributed by atoms with van der Waals surface area (Å²) in [6.45, 7) is 2.55. The highest BCUT2D eigenvalue weighted by Gasteiger charge is 2.23. The fourth-order valence-corrected chi connectivity index (χ4v) is 4.10. The number of rotatable bonds is 3. The van der Waals surface area contributed by atoms with E-state index in [1.165, 1.54) is 21.3 Å². The Kier molecular flexibility index (Phi) is 3.33. The van der Waals surface area contributed by atoms with Crippen molar-refractivity contribution in [3.05, 3.63) is 27.1 Å². The number of aryl methyl sites for hydroxylation is 2. The van der Waals surface area contributed by atoms with E-state index in [1.54, 1.807) is 11.3 Å². The van der Waals surface area contributed by atoms with Gasteiger partial charge in [-0.1, -0.05) is 6.92 Å². The Balaban J connectivity index is 2.08. The lowest BCUT2D eigenvalue weighted by Gasteiger charge is -2.17. The van der Waals surface area contributed by atoms with Gasteiger partial charge in [-0.25, -0.2) is 4.98 Å². The summed E-state index contributed by atoms with van der Waals surface area (Å²) in [5.74, 6) is 0.269. The van der Waals surface area contributed by atoms with E-state index >= 15 is 0 Å². The molecule has 0 bridgehead atoms. The minimum atomic E-state index is -0.404. The second-order valence-electron chi connectivity index (χ2n) is 5.49. The smallest absolute Gasteiger partial charge is 0.262 e. The number of aromatic nitrogens is 2. The predicted octanol–water partition coefficient (Wildman–Crippen LogP) is 1.46. The van der Waals surface area contributed by atoms with Gasteiger partial charge in [-0.3, -0.25) is 14.2 Å². The monoisotopic (exact) mass is 291 g/mol. The average Bonchev–Trinajstić information content (AvgIpc) is 2.75. The van der Waals surface area contributed by atoms with E-state index in [0.29, 0.717) is 12.5 Å². The van der Waals surface area contributed by atoms with Crippen LogP contribution in [0.5, 0.6) is 0 Å². The summed E-state index contributed by atoms with van der Waals surface area (Å²) in [4.78, 5) is 29.9. The summed E-state index contributed by atoms with van der Waals surface area (Å²) in [5.41, 5.74) is 6.27. The molecule has 0 spiro atoms. The summed E-state index contributed by atoms with van der Waals surface area (Å²) in [7, 11) is 0. The number of nitrogens with two attached hydrogens (primary N) is 1. The van der Waals surface area contributed by atoms with Crippen molar-refractivity contribution >= 4 is 27.5 Å². The van der Waals surface area contributed by atoms with Gasteiger partial charge in [0.15, 0.2) is 0 Å². The van der Waals surface area contributed by atoms with Gasteiger partial charge in [0.2, 0.25) is 5.91 Å². The molecule has 1 aliphatic rings. The third kappa shape index (κ3) is 2.24. The lowest BCUT2D eigenvalue weighted by Crippen LogP contribution is -2.24. The molecule has 1 aliphatic carbocycles. The van der Waals surface area contributed by atoms with Crippen LogP contribution >= 0.6 is 11.3 Å². The molecule has 0 fully saturated rings. The average molecular weight is 291 g/mol. The SMILES string of the molecule is CC1CCc2c(sc3ncn(CCC(N)=O)c(=O)c23)C1. The molecule has 2 heterocycles. The zero-order valence-electron chi connectivity index (χ0n) is 11.4. The van der Waals surface area contributed by atoms with Gasteiger partial charge >= 0.3 is 0 Å². The Bertz CT molecular complexity index is 732. The Hall–Kier alpha value is -1.69. The van der Waals surface area contributed by atoms with E-state index in [4.69, 9.17) is 5.73 Å². The van der Waals surface area contributed by atoms with Crippen molar-refractivity contribution in [1.82, 2.24) is 9.55 Å². The van der Waals surface area contributed by atoms with Gasteiger partial charge in [0, 0.05) is 17.8 Å². The van der Waals surface area contributed by atoms with Crippen molar-refractivity contribution in [2.24, 2.45) is 11.7 Å². The van der Waals surface area contributed by atoms with E-state index in [9.17, 15) is 9.59 Å². The third-order valence-electron chi connectivity index (χ3n) is 3.88. The highest BCUT2D eigenvalue weighted by molar-refractivity contribution is 7.18. The Morgan fingerprint density at radius 2 is 2.40 bits per heavy atom. The quantitative estimate of drug-likeness (QED) is 0.930.